The summed E-state index contributed by atoms with van der Waals surface area (Å²) in [7, 11) is -0.518. The van der Waals surface area contributed by atoms with Crippen molar-refractivity contribution in [3.8, 4) is 17.2 Å². The second-order valence-electron chi connectivity index (χ2n) is 7.20. The average molecular weight is 473 g/mol. The standard InChI is InChI=1S/C22H24N4O6S/c1-30-20-8-3-16(13-21(20)31-2)24-22(27)19-14-25(15-23-19)17-4-6-18(7-5-17)33(28,29)26-9-11-32-12-10-26/h3-8,13-15H,9-12H2,1-2H3,(H,24,27). The molecule has 11 heteroatoms. The van der Waals surface area contributed by atoms with Crippen LogP contribution in [0.2, 0.25) is 0 Å². The molecular weight excluding hydrogens is 448 g/mol. The van der Waals surface area contributed by atoms with Gasteiger partial charge in [0.05, 0.1) is 32.3 Å². The number of rotatable bonds is 7. The van der Waals surface area contributed by atoms with Crippen molar-refractivity contribution in [1.29, 1.82) is 0 Å². The van der Waals surface area contributed by atoms with Gasteiger partial charge in [0.1, 0.15) is 12.0 Å². The molecule has 33 heavy (non-hydrogen) atoms. The molecule has 10 nitrogen and oxygen atoms in total. The van der Waals surface area contributed by atoms with Crippen LogP contribution in [0.1, 0.15) is 10.5 Å². The van der Waals surface area contributed by atoms with Gasteiger partial charge in [-0.3, -0.25) is 4.79 Å². The SMILES string of the molecule is COc1ccc(NC(=O)c2cn(-c3ccc(S(=O)(=O)N4CCOCC4)cc3)cn2)cc1OC. The third-order valence-corrected chi connectivity index (χ3v) is 7.11. The summed E-state index contributed by atoms with van der Waals surface area (Å²) in [6, 6.07) is 11.5. The molecule has 0 bridgehead atoms. The maximum absolute atomic E-state index is 12.8. The number of imidazole rings is 1. The van der Waals surface area contributed by atoms with E-state index >= 15 is 0 Å². The number of carbonyl (C=O) groups is 1. The van der Waals surface area contributed by atoms with E-state index in [0.29, 0.717) is 49.2 Å². The lowest BCUT2D eigenvalue weighted by molar-refractivity contribution is 0.0730. The average Bonchev–Trinajstić information content (AvgIpc) is 3.35. The number of anilines is 1. The molecule has 1 aliphatic heterocycles. The van der Waals surface area contributed by atoms with E-state index in [2.05, 4.69) is 10.3 Å². The van der Waals surface area contributed by atoms with Crippen LogP contribution in [0.15, 0.2) is 59.9 Å². The fourth-order valence-corrected chi connectivity index (χ4v) is 4.82. The predicted octanol–water partition coefficient (Wildman–Crippen LogP) is 2.16. The quantitative estimate of drug-likeness (QED) is 0.561. The van der Waals surface area contributed by atoms with Gasteiger partial charge in [-0.1, -0.05) is 0 Å². The molecule has 2 heterocycles. The molecule has 1 saturated heterocycles. The van der Waals surface area contributed by atoms with Crippen molar-refractivity contribution in [3.05, 3.63) is 60.7 Å². The molecule has 1 amide bonds. The molecular formula is C22H24N4O6S. The Morgan fingerprint density at radius 3 is 2.39 bits per heavy atom. The molecule has 1 aromatic heterocycles. The lowest BCUT2D eigenvalue weighted by Crippen LogP contribution is -2.40. The maximum Gasteiger partial charge on any atom is 0.275 e. The van der Waals surface area contributed by atoms with Gasteiger partial charge in [-0.25, -0.2) is 13.4 Å². The van der Waals surface area contributed by atoms with Crippen molar-refractivity contribution < 1.29 is 27.4 Å². The highest BCUT2D eigenvalue weighted by molar-refractivity contribution is 7.89. The largest absolute Gasteiger partial charge is 0.493 e. The van der Waals surface area contributed by atoms with Crippen molar-refractivity contribution in [2.75, 3.05) is 45.8 Å². The number of hydrogen-bond donors (Lipinski definition) is 1. The van der Waals surface area contributed by atoms with E-state index in [9.17, 15) is 13.2 Å². The van der Waals surface area contributed by atoms with Gasteiger partial charge < -0.3 is 24.1 Å². The Bertz CT molecular complexity index is 1230. The Hall–Kier alpha value is -3.41. The molecule has 3 aromatic rings. The van der Waals surface area contributed by atoms with Crippen LogP contribution in [0, 0.1) is 0 Å². The van der Waals surface area contributed by atoms with E-state index in [1.54, 1.807) is 53.2 Å². The van der Waals surface area contributed by atoms with Gasteiger partial charge in [-0.2, -0.15) is 4.31 Å². The number of sulfonamides is 1. The Balaban J connectivity index is 1.47. The fraction of sp³-hybridized carbons (Fsp3) is 0.273. The predicted molar refractivity (Wildman–Crippen MR) is 121 cm³/mol. The van der Waals surface area contributed by atoms with Crippen LogP contribution in [0.4, 0.5) is 5.69 Å². The van der Waals surface area contributed by atoms with Gasteiger partial charge in [0.25, 0.3) is 5.91 Å². The minimum atomic E-state index is -3.57. The molecule has 174 valence electrons. The van der Waals surface area contributed by atoms with Crippen LogP contribution in [-0.4, -0.2) is 68.7 Å². The van der Waals surface area contributed by atoms with E-state index in [0.717, 1.165) is 0 Å². The van der Waals surface area contributed by atoms with Crippen molar-refractivity contribution >= 4 is 21.6 Å². The van der Waals surface area contributed by atoms with Crippen molar-refractivity contribution in [1.82, 2.24) is 13.9 Å². The molecule has 0 spiro atoms. The van der Waals surface area contributed by atoms with Crippen LogP contribution < -0.4 is 14.8 Å². The molecule has 0 saturated carbocycles. The maximum atomic E-state index is 12.8. The first-order valence-electron chi connectivity index (χ1n) is 10.2. The molecule has 2 aromatic carbocycles. The number of morpholine rings is 1. The first-order valence-corrected chi connectivity index (χ1v) is 11.6. The summed E-state index contributed by atoms with van der Waals surface area (Å²) in [6.45, 7) is 1.45. The van der Waals surface area contributed by atoms with Crippen molar-refractivity contribution in [2.45, 2.75) is 4.90 Å². The van der Waals surface area contributed by atoms with E-state index in [1.807, 2.05) is 0 Å². The summed E-state index contributed by atoms with van der Waals surface area (Å²) in [4.78, 5) is 17.0. The first kappa shape index (κ1) is 22.8. The molecule has 0 radical (unpaired) electrons. The van der Waals surface area contributed by atoms with Gasteiger partial charge in [-0.05, 0) is 36.4 Å². The third kappa shape index (κ3) is 4.85. The highest BCUT2D eigenvalue weighted by atomic mass is 32.2. The minimum absolute atomic E-state index is 0.204. The molecule has 1 aliphatic rings. The summed E-state index contributed by atoms with van der Waals surface area (Å²) >= 11 is 0. The molecule has 1 N–H and O–H groups in total. The van der Waals surface area contributed by atoms with Crippen LogP contribution >= 0.6 is 0 Å². The summed E-state index contributed by atoms with van der Waals surface area (Å²) in [5.74, 6) is 0.652. The monoisotopic (exact) mass is 472 g/mol. The number of hydrogen-bond acceptors (Lipinski definition) is 7. The summed E-state index contributed by atoms with van der Waals surface area (Å²) in [5.41, 5.74) is 1.41. The lowest BCUT2D eigenvalue weighted by Gasteiger charge is -2.26. The first-order chi connectivity index (χ1) is 15.9. The van der Waals surface area contributed by atoms with E-state index in [-0.39, 0.29) is 10.6 Å². The number of aromatic nitrogens is 2. The molecule has 1 fully saturated rings. The van der Waals surface area contributed by atoms with E-state index < -0.39 is 15.9 Å². The van der Waals surface area contributed by atoms with Gasteiger partial charge in [0.2, 0.25) is 10.0 Å². The smallest absolute Gasteiger partial charge is 0.275 e. The topological polar surface area (TPSA) is 112 Å². The normalized spacial score (nSPS) is 14.6. The number of methoxy groups -OCH3 is 2. The Kier molecular flexibility index (Phi) is 6.63. The molecule has 0 atom stereocenters. The molecule has 0 aliphatic carbocycles. The van der Waals surface area contributed by atoms with E-state index in [4.69, 9.17) is 14.2 Å². The highest BCUT2D eigenvalue weighted by Crippen LogP contribution is 2.30. The fourth-order valence-electron chi connectivity index (χ4n) is 3.42. The summed E-state index contributed by atoms with van der Waals surface area (Å²) < 4.78 is 44.3. The van der Waals surface area contributed by atoms with Crippen LogP contribution in [0.5, 0.6) is 11.5 Å². The van der Waals surface area contributed by atoms with Crippen LogP contribution in [-0.2, 0) is 14.8 Å². The number of carbonyl (C=O) groups excluding carboxylic acids is 1. The molecule has 4 rings (SSSR count). The van der Waals surface area contributed by atoms with Crippen molar-refractivity contribution in [2.24, 2.45) is 0 Å². The van der Waals surface area contributed by atoms with E-state index in [1.165, 1.54) is 24.9 Å². The Labute approximate surface area is 191 Å². The zero-order valence-electron chi connectivity index (χ0n) is 18.2. The second kappa shape index (κ2) is 9.61. The lowest BCUT2D eigenvalue weighted by atomic mass is 10.2. The Morgan fingerprint density at radius 1 is 1.03 bits per heavy atom. The zero-order chi connectivity index (χ0) is 23.4. The van der Waals surface area contributed by atoms with Gasteiger partial charge in [0, 0.05) is 36.7 Å². The number of nitrogens with zero attached hydrogens (tertiary/aromatic N) is 3. The highest BCUT2D eigenvalue weighted by Gasteiger charge is 2.26. The Morgan fingerprint density at radius 2 is 1.73 bits per heavy atom. The summed E-state index contributed by atoms with van der Waals surface area (Å²) in [6.07, 6.45) is 3.07. The number of benzene rings is 2. The second-order valence-corrected chi connectivity index (χ2v) is 9.14. The number of amides is 1. The van der Waals surface area contributed by atoms with Crippen LogP contribution in [0.25, 0.3) is 5.69 Å². The third-order valence-electron chi connectivity index (χ3n) is 5.20. The van der Waals surface area contributed by atoms with Crippen molar-refractivity contribution in [3.63, 3.8) is 0 Å². The van der Waals surface area contributed by atoms with Gasteiger partial charge in [0.15, 0.2) is 11.5 Å². The van der Waals surface area contributed by atoms with Gasteiger partial charge >= 0.3 is 0 Å². The van der Waals surface area contributed by atoms with Gasteiger partial charge in [-0.15, -0.1) is 0 Å². The molecule has 0 unspecified atom stereocenters. The van der Waals surface area contributed by atoms with Crippen LogP contribution in [0.3, 0.4) is 0 Å². The summed E-state index contributed by atoms with van der Waals surface area (Å²) in [5, 5.41) is 2.77. The number of nitrogens with one attached hydrogen (secondary N) is 1. The zero-order valence-corrected chi connectivity index (χ0v) is 19.0. The minimum Gasteiger partial charge on any atom is -0.493 e. The number of ether oxygens (including phenoxy) is 3.